The first kappa shape index (κ1) is 18.9. The van der Waals surface area contributed by atoms with E-state index in [0.717, 1.165) is 31.0 Å². The van der Waals surface area contributed by atoms with Crippen molar-refractivity contribution >= 4 is 11.7 Å². The fraction of sp³-hybridized carbons (Fsp3) is 0.333. The maximum Gasteiger partial charge on any atom is 0.225 e. The first-order valence-electron chi connectivity index (χ1n) is 9.82. The van der Waals surface area contributed by atoms with Crippen molar-refractivity contribution in [3.05, 3.63) is 61.2 Å². The number of aromatic nitrogens is 4. The summed E-state index contributed by atoms with van der Waals surface area (Å²) >= 11 is 0. The van der Waals surface area contributed by atoms with Crippen molar-refractivity contribution in [2.75, 3.05) is 31.1 Å². The number of hydrogen-bond donors (Lipinski definition) is 1. The summed E-state index contributed by atoms with van der Waals surface area (Å²) in [5.74, 6) is 2.33. The molecular weight excluding hydrogens is 368 g/mol. The molecule has 0 saturated carbocycles. The standard InChI is InChI=1S/C21H24N6O2/c28-21(22-10-13-29-18-7-2-1-3-8-18)17-6-4-11-26(15-17)19-14-20(24-16-23-19)27-12-5-9-25-27/h1-3,5,7-9,12,14,16-17H,4,6,10-11,13,15H2,(H,22,28)/t17-/m1/s1. The van der Waals surface area contributed by atoms with E-state index >= 15 is 0 Å². The van der Waals surface area contributed by atoms with Crippen molar-refractivity contribution in [3.63, 3.8) is 0 Å². The molecule has 0 spiro atoms. The van der Waals surface area contributed by atoms with Gasteiger partial charge in [0.1, 0.15) is 24.5 Å². The van der Waals surface area contributed by atoms with E-state index in [4.69, 9.17) is 4.74 Å². The highest BCUT2D eigenvalue weighted by molar-refractivity contribution is 5.79. The van der Waals surface area contributed by atoms with Gasteiger partial charge in [-0.25, -0.2) is 14.6 Å². The summed E-state index contributed by atoms with van der Waals surface area (Å²) in [7, 11) is 0. The van der Waals surface area contributed by atoms with Gasteiger partial charge < -0.3 is 15.0 Å². The van der Waals surface area contributed by atoms with Crippen LogP contribution < -0.4 is 15.0 Å². The number of rotatable bonds is 7. The summed E-state index contributed by atoms with van der Waals surface area (Å²) in [4.78, 5) is 23.4. The zero-order valence-electron chi connectivity index (χ0n) is 16.1. The lowest BCUT2D eigenvalue weighted by molar-refractivity contribution is -0.125. The lowest BCUT2D eigenvalue weighted by atomic mass is 9.97. The van der Waals surface area contributed by atoms with E-state index in [1.54, 1.807) is 10.9 Å². The first-order chi connectivity index (χ1) is 14.3. The number of nitrogens with one attached hydrogen (secondary N) is 1. The van der Waals surface area contributed by atoms with E-state index in [0.29, 0.717) is 25.5 Å². The van der Waals surface area contributed by atoms with Gasteiger partial charge in [0.25, 0.3) is 0 Å². The van der Waals surface area contributed by atoms with Gasteiger partial charge in [-0.2, -0.15) is 5.10 Å². The fourth-order valence-corrected chi connectivity index (χ4v) is 3.44. The quantitative estimate of drug-likeness (QED) is 0.620. The molecule has 0 bridgehead atoms. The molecule has 0 radical (unpaired) electrons. The van der Waals surface area contributed by atoms with Gasteiger partial charge in [-0.15, -0.1) is 0 Å². The number of hydrogen-bond acceptors (Lipinski definition) is 6. The Kier molecular flexibility index (Phi) is 5.99. The maximum absolute atomic E-state index is 12.6. The lowest BCUT2D eigenvalue weighted by Crippen LogP contribution is -2.44. The zero-order valence-corrected chi connectivity index (χ0v) is 16.1. The minimum absolute atomic E-state index is 0.0627. The minimum atomic E-state index is -0.0661. The van der Waals surface area contributed by atoms with Crippen molar-refractivity contribution in [3.8, 4) is 11.6 Å². The molecule has 150 valence electrons. The van der Waals surface area contributed by atoms with Crippen LogP contribution in [-0.4, -0.2) is 51.9 Å². The Morgan fingerprint density at radius 1 is 1.17 bits per heavy atom. The van der Waals surface area contributed by atoms with Crippen LogP contribution in [0.4, 0.5) is 5.82 Å². The van der Waals surface area contributed by atoms with Gasteiger partial charge in [-0.05, 0) is 31.0 Å². The van der Waals surface area contributed by atoms with Gasteiger partial charge in [-0.3, -0.25) is 4.79 Å². The summed E-state index contributed by atoms with van der Waals surface area (Å²) < 4.78 is 7.33. The van der Waals surface area contributed by atoms with Crippen LogP contribution in [0.15, 0.2) is 61.2 Å². The van der Waals surface area contributed by atoms with Crippen molar-refractivity contribution in [1.29, 1.82) is 0 Å². The van der Waals surface area contributed by atoms with E-state index in [9.17, 15) is 4.79 Å². The second-order valence-electron chi connectivity index (χ2n) is 6.92. The number of carbonyl (C=O) groups excluding carboxylic acids is 1. The van der Waals surface area contributed by atoms with Gasteiger partial charge in [0.15, 0.2) is 5.82 Å². The van der Waals surface area contributed by atoms with Gasteiger partial charge >= 0.3 is 0 Å². The Balaban J connectivity index is 1.30. The Hall–Kier alpha value is -3.42. The normalized spacial score (nSPS) is 16.4. The molecule has 2 aromatic heterocycles. The van der Waals surface area contributed by atoms with E-state index in [2.05, 4.69) is 25.3 Å². The molecule has 4 rings (SSSR count). The highest BCUT2D eigenvalue weighted by Gasteiger charge is 2.26. The molecule has 1 atom stereocenters. The number of piperidine rings is 1. The van der Waals surface area contributed by atoms with Gasteiger partial charge in [0.2, 0.25) is 5.91 Å². The molecule has 1 N–H and O–H groups in total. The third kappa shape index (κ3) is 4.90. The molecule has 1 saturated heterocycles. The molecular formula is C21H24N6O2. The van der Waals surface area contributed by atoms with E-state index in [1.807, 2.05) is 48.7 Å². The van der Waals surface area contributed by atoms with Gasteiger partial charge in [0.05, 0.1) is 12.5 Å². The van der Waals surface area contributed by atoms with Crippen LogP contribution in [0, 0.1) is 5.92 Å². The molecule has 0 unspecified atom stereocenters. The number of anilines is 1. The number of nitrogens with zero attached hydrogens (tertiary/aromatic N) is 5. The maximum atomic E-state index is 12.6. The van der Waals surface area contributed by atoms with E-state index in [-0.39, 0.29) is 11.8 Å². The Morgan fingerprint density at radius 3 is 2.86 bits per heavy atom. The molecule has 1 fully saturated rings. The average Bonchev–Trinajstić information content (AvgIpc) is 3.33. The fourth-order valence-electron chi connectivity index (χ4n) is 3.44. The summed E-state index contributed by atoms with van der Waals surface area (Å²) in [6.45, 7) is 2.45. The molecule has 0 aliphatic carbocycles. The molecule has 3 aromatic rings. The van der Waals surface area contributed by atoms with Crippen LogP contribution in [0.2, 0.25) is 0 Å². The third-order valence-electron chi connectivity index (χ3n) is 4.91. The number of carbonyl (C=O) groups is 1. The first-order valence-corrected chi connectivity index (χ1v) is 9.82. The van der Waals surface area contributed by atoms with Gasteiger partial charge in [0, 0.05) is 31.5 Å². The summed E-state index contributed by atoms with van der Waals surface area (Å²) in [5, 5.41) is 7.20. The molecule has 1 aliphatic heterocycles. The average molecular weight is 392 g/mol. The number of benzene rings is 1. The molecule has 1 aromatic carbocycles. The van der Waals surface area contributed by atoms with Crippen molar-refractivity contribution < 1.29 is 9.53 Å². The Labute approximate surface area is 169 Å². The number of ether oxygens (including phenoxy) is 1. The van der Waals surface area contributed by atoms with Crippen molar-refractivity contribution in [2.45, 2.75) is 12.8 Å². The lowest BCUT2D eigenvalue weighted by Gasteiger charge is -2.32. The number of amides is 1. The molecule has 1 amide bonds. The van der Waals surface area contributed by atoms with Crippen LogP contribution in [0.25, 0.3) is 5.82 Å². The molecule has 29 heavy (non-hydrogen) atoms. The zero-order chi connectivity index (χ0) is 19.9. The molecule has 8 nitrogen and oxygen atoms in total. The Morgan fingerprint density at radius 2 is 2.03 bits per heavy atom. The van der Waals surface area contributed by atoms with Crippen LogP contribution in [-0.2, 0) is 4.79 Å². The molecule has 1 aliphatic rings. The summed E-state index contributed by atoms with van der Waals surface area (Å²) in [5.41, 5.74) is 0. The Bertz CT molecular complexity index is 916. The topological polar surface area (TPSA) is 85.2 Å². The van der Waals surface area contributed by atoms with Crippen LogP contribution in [0.1, 0.15) is 12.8 Å². The minimum Gasteiger partial charge on any atom is -0.492 e. The summed E-state index contributed by atoms with van der Waals surface area (Å²) in [6, 6.07) is 13.4. The second kappa shape index (κ2) is 9.18. The summed E-state index contributed by atoms with van der Waals surface area (Å²) in [6.07, 6.45) is 6.91. The second-order valence-corrected chi connectivity index (χ2v) is 6.92. The molecule has 8 heteroatoms. The molecule has 3 heterocycles. The third-order valence-corrected chi connectivity index (χ3v) is 4.91. The smallest absolute Gasteiger partial charge is 0.225 e. The van der Waals surface area contributed by atoms with Crippen molar-refractivity contribution in [1.82, 2.24) is 25.1 Å². The largest absolute Gasteiger partial charge is 0.492 e. The highest BCUT2D eigenvalue weighted by Crippen LogP contribution is 2.22. The van der Waals surface area contributed by atoms with Crippen LogP contribution >= 0.6 is 0 Å². The van der Waals surface area contributed by atoms with E-state index < -0.39 is 0 Å². The van der Waals surface area contributed by atoms with Crippen LogP contribution in [0.3, 0.4) is 0 Å². The predicted molar refractivity (Wildman–Crippen MR) is 109 cm³/mol. The van der Waals surface area contributed by atoms with Crippen LogP contribution in [0.5, 0.6) is 5.75 Å². The van der Waals surface area contributed by atoms with Gasteiger partial charge in [-0.1, -0.05) is 18.2 Å². The predicted octanol–water partition coefficient (Wildman–Crippen LogP) is 2.07. The monoisotopic (exact) mass is 392 g/mol. The van der Waals surface area contributed by atoms with Crippen molar-refractivity contribution in [2.24, 2.45) is 5.92 Å². The van der Waals surface area contributed by atoms with E-state index in [1.165, 1.54) is 6.33 Å². The highest BCUT2D eigenvalue weighted by atomic mass is 16.5. The SMILES string of the molecule is O=C(NCCOc1ccccc1)[C@@H]1CCCN(c2cc(-n3cccn3)ncn2)C1. The number of para-hydroxylation sites is 1.